The first-order chi connectivity index (χ1) is 9.03. The molecule has 1 N–H and O–H groups in total. The van der Waals surface area contributed by atoms with Crippen LogP contribution in [0.4, 0.5) is 0 Å². The van der Waals surface area contributed by atoms with Crippen LogP contribution in [0.2, 0.25) is 0 Å². The van der Waals surface area contributed by atoms with Gasteiger partial charge >= 0.3 is 5.91 Å². The molecule has 7 heteroatoms. The summed E-state index contributed by atoms with van der Waals surface area (Å²) in [6, 6.07) is 9.15. The molecule has 0 aliphatic rings. The molecule has 2 rings (SSSR count). The Labute approximate surface area is 115 Å². The molecule has 0 unspecified atom stereocenters. The van der Waals surface area contributed by atoms with Crippen LogP contribution in [0.3, 0.4) is 0 Å². The van der Waals surface area contributed by atoms with Gasteiger partial charge in [-0.05, 0) is 42.7 Å². The summed E-state index contributed by atoms with van der Waals surface area (Å²) in [6.07, 6.45) is 3.19. The molecule has 2 aromatic rings. The lowest BCUT2D eigenvalue weighted by Crippen LogP contribution is -2.30. The maximum absolute atomic E-state index is 12.0. The summed E-state index contributed by atoms with van der Waals surface area (Å²) in [6.45, 7) is 0. The van der Waals surface area contributed by atoms with Crippen molar-refractivity contribution in [3.05, 3.63) is 48.4 Å². The lowest BCUT2D eigenvalue weighted by molar-refractivity contribution is 0.0954. The highest BCUT2D eigenvalue weighted by molar-refractivity contribution is 7.98. The normalized spacial score (nSPS) is 11.2. The zero-order valence-electron chi connectivity index (χ0n) is 9.99. The number of nitrogens with one attached hydrogen (secondary N) is 1. The second-order valence-corrected chi connectivity index (χ2v) is 6.15. The number of furan rings is 1. The summed E-state index contributed by atoms with van der Waals surface area (Å²) in [7, 11) is -3.88. The Hall–Kier alpha value is -1.73. The number of hydrogen-bond donors (Lipinski definition) is 1. The highest BCUT2D eigenvalue weighted by Crippen LogP contribution is 2.17. The van der Waals surface area contributed by atoms with Crippen molar-refractivity contribution in [3.8, 4) is 0 Å². The van der Waals surface area contributed by atoms with Gasteiger partial charge in [0.15, 0.2) is 5.76 Å². The second kappa shape index (κ2) is 5.50. The molecule has 1 aromatic carbocycles. The van der Waals surface area contributed by atoms with Gasteiger partial charge in [-0.25, -0.2) is 13.1 Å². The van der Waals surface area contributed by atoms with Gasteiger partial charge in [-0.2, -0.15) is 0 Å². The first-order valence-corrected chi connectivity index (χ1v) is 7.98. The summed E-state index contributed by atoms with van der Waals surface area (Å²) < 4.78 is 30.7. The van der Waals surface area contributed by atoms with E-state index in [9.17, 15) is 13.2 Å². The van der Waals surface area contributed by atoms with Gasteiger partial charge in [0.25, 0.3) is 10.0 Å². The molecule has 5 nitrogen and oxygen atoms in total. The van der Waals surface area contributed by atoms with Crippen LogP contribution >= 0.6 is 11.8 Å². The van der Waals surface area contributed by atoms with E-state index in [-0.39, 0.29) is 10.7 Å². The van der Waals surface area contributed by atoms with Crippen molar-refractivity contribution < 1.29 is 17.6 Å². The SMILES string of the molecule is CSc1ccc(S(=O)(=O)NC(=O)c2ccco2)cc1. The molecule has 1 heterocycles. The molecule has 0 aliphatic carbocycles. The zero-order chi connectivity index (χ0) is 13.9. The molecule has 100 valence electrons. The molecule has 0 fully saturated rings. The molecule has 1 amide bonds. The van der Waals surface area contributed by atoms with Gasteiger partial charge in [-0.15, -0.1) is 11.8 Å². The number of amides is 1. The van der Waals surface area contributed by atoms with Crippen molar-refractivity contribution in [2.45, 2.75) is 9.79 Å². The van der Waals surface area contributed by atoms with Gasteiger partial charge in [0.2, 0.25) is 0 Å². The molecule has 0 atom stereocenters. The highest BCUT2D eigenvalue weighted by Gasteiger charge is 2.19. The minimum absolute atomic E-state index is 0.0326. The summed E-state index contributed by atoms with van der Waals surface area (Å²) in [5, 5.41) is 0. The average Bonchev–Trinajstić information content (AvgIpc) is 2.92. The second-order valence-electron chi connectivity index (χ2n) is 3.59. The molecule has 19 heavy (non-hydrogen) atoms. The van der Waals surface area contributed by atoms with E-state index < -0.39 is 15.9 Å². The number of benzene rings is 1. The molecule has 0 aliphatic heterocycles. The first-order valence-electron chi connectivity index (χ1n) is 5.27. The van der Waals surface area contributed by atoms with Crippen LogP contribution in [-0.4, -0.2) is 20.6 Å². The van der Waals surface area contributed by atoms with Crippen LogP contribution < -0.4 is 4.72 Å². The fourth-order valence-corrected chi connectivity index (χ4v) is 2.76. The first kappa shape index (κ1) is 13.7. The molecule has 1 aromatic heterocycles. The zero-order valence-corrected chi connectivity index (χ0v) is 11.6. The molecule has 0 radical (unpaired) electrons. The standard InChI is InChI=1S/C12H11NO4S2/c1-18-9-4-6-10(7-5-9)19(15,16)13-12(14)11-3-2-8-17-11/h2-8H,1H3,(H,13,14). The maximum Gasteiger partial charge on any atom is 0.300 e. The molecular weight excluding hydrogens is 286 g/mol. The Morgan fingerprint density at radius 1 is 1.21 bits per heavy atom. The van der Waals surface area contributed by atoms with Gasteiger partial charge in [0.1, 0.15) is 0 Å². The maximum atomic E-state index is 12.0. The largest absolute Gasteiger partial charge is 0.459 e. The number of rotatable bonds is 4. The molecule has 0 saturated carbocycles. The third kappa shape index (κ3) is 3.18. The van der Waals surface area contributed by atoms with Crippen molar-refractivity contribution in [1.29, 1.82) is 0 Å². The van der Waals surface area contributed by atoms with Crippen molar-refractivity contribution in [1.82, 2.24) is 4.72 Å². The molecule has 0 spiro atoms. The number of sulfonamides is 1. The van der Waals surface area contributed by atoms with Gasteiger partial charge < -0.3 is 4.42 Å². The summed E-state index contributed by atoms with van der Waals surface area (Å²) in [4.78, 5) is 12.6. The summed E-state index contributed by atoms with van der Waals surface area (Å²) >= 11 is 1.50. The van der Waals surface area contributed by atoms with Crippen LogP contribution in [0, 0.1) is 0 Å². The van der Waals surface area contributed by atoms with E-state index >= 15 is 0 Å². The lowest BCUT2D eigenvalue weighted by Gasteiger charge is -2.05. The smallest absolute Gasteiger partial charge is 0.300 e. The van der Waals surface area contributed by atoms with Crippen LogP contribution in [0.5, 0.6) is 0 Å². The van der Waals surface area contributed by atoms with E-state index in [0.717, 1.165) is 4.90 Å². The summed E-state index contributed by atoms with van der Waals surface area (Å²) in [5.74, 6) is -0.844. The van der Waals surface area contributed by atoms with Crippen molar-refractivity contribution in [3.63, 3.8) is 0 Å². The molecule has 0 saturated heterocycles. The summed E-state index contributed by atoms with van der Waals surface area (Å²) in [5.41, 5.74) is 0. The van der Waals surface area contributed by atoms with Crippen molar-refractivity contribution in [2.75, 3.05) is 6.26 Å². The number of carbonyl (C=O) groups excluding carboxylic acids is 1. The van der Waals surface area contributed by atoms with Gasteiger partial charge in [0.05, 0.1) is 11.2 Å². The minimum atomic E-state index is -3.88. The number of carbonyl (C=O) groups is 1. The van der Waals surface area contributed by atoms with Gasteiger partial charge in [-0.3, -0.25) is 4.79 Å². The Kier molecular flexibility index (Phi) is 3.96. The fraction of sp³-hybridized carbons (Fsp3) is 0.0833. The van der Waals surface area contributed by atoms with E-state index in [0.29, 0.717) is 0 Å². The third-order valence-electron chi connectivity index (χ3n) is 2.34. The quantitative estimate of drug-likeness (QED) is 0.875. The Morgan fingerprint density at radius 3 is 2.42 bits per heavy atom. The van der Waals surface area contributed by atoms with E-state index in [1.54, 1.807) is 12.1 Å². The average molecular weight is 297 g/mol. The van der Waals surface area contributed by atoms with Crippen LogP contribution in [0.1, 0.15) is 10.6 Å². The van der Waals surface area contributed by atoms with Crippen molar-refractivity contribution >= 4 is 27.7 Å². The van der Waals surface area contributed by atoms with Crippen LogP contribution in [0.15, 0.2) is 56.9 Å². The van der Waals surface area contributed by atoms with Crippen LogP contribution in [0.25, 0.3) is 0 Å². The topological polar surface area (TPSA) is 76.4 Å². The number of hydrogen-bond acceptors (Lipinski definition) is 5. The van der Waals surface area contributed by atoms with Gasteiger partial charge in [-0.1, -0.05) is 0 Å². The lowest BCUT2D eigenvalue weighted by atomic mass is 10.4. The van der Waals surface area contributed by atoms with Gasteiger partial charge in [0, 0.05) is 4.90 Å². The monoisotopic (exact) mass is 297 g/mol. The number of thioether (sulfide) groups is 1. The fourth-order valence-electron chi connectivity index (χ4n) is 1.39. The Balaban J connectivity index is 2.20. The molecule has 0 bridgehead atoms. The molecular formula is C12H11NO4S2. The van der Waals surface area contributed by atoms with E-state index in [2.05, 4.69) is 0 Å². The predicted molar refractivity (Wildman–Crippen MR) is 71.6 cm³/mol. The van der Waals surface area contributed by atoms with E-state index in [4.69, 9.17) is 4.42 Å². The van der Waals surface area contributed by atoms with E-state index in [1.165, 1.54) is 42.3 Å². The van der Waals surface area contributed by atoms with E-state index in [1.807, 2.05) is 11.0 Å². The third-order valence-corrected chi connectivity index (χ3v) is 4.43. The Bertz CT molecular complexity index is 660. The van der Waals surface area contributed by atoms with Crippen LogP contribution in [-0.2, 0) is 10.0 Å². The Morgan fingerprint density at radius 2 is 1.89 bits per heavy atom. The predicted octanol–water partition coefficient (Wildman–Crippen LogP) is 2.12. The highest BCUT2D eigenvalue weighted by atomic mass is 32.2. The minimum Gasteiger partial charge on any atom is -0.459 e. The van der Waals surface area contributed by atoms with Crippen molar-refractivity contribution in [2.24, 2.45) is 0 Å².